The van der Waals surface area contributed by atoms with Crippen LogP contribution in [0.25, 0.3) is 16.8 Å². The van der Waals surface area contributed by atoms with Crippen molar-refractivity contribution in [2.45, 2.75) is 33.7 Å². The Kier molecular flexibility index (Phi) is 7.33. The first-order valence-electron chi connectivity index (χ1n) is 10.3. The molecule has 2 heterocycles. The van der Waals surface area contributed by atoms with E-state index in [0.717, 1.165) is 5.56 Å². The number of amides is 1. The molecule has 3 rings (SSSR count). The Hall–Kier alpha value is -3.46. The topological polar surface area (TPSA) is 75.1 Å². The molecule has 2 aromatic heterocycles. The smallest absolute Gasteiger partial charge is 0.235 e. The molecule has 174 valence electrons. The van der Waals surface area contributed by atoms with E-state index in [1.54, 1.807) is 25.4 Å². The third-order valence-electron chi connectivity index (χ3n) is 4.88. The molecule has 2 N–H and O–H groups in total. The number of carbonyl (C=O) groups is 1. The molecule has 0 aliphatic carbocycles. The highest BCUT2D eigenvalue weighted by atomic mass is 35.5. The van der Waals surface area contributed by atoms with E-state index >= 15 is 4.39 Å². The molecule has 3 aromatic rings. The van der Waals surface area contributed by atoms with Crippen molar-refractivity contribution in [2.24, 2.45) is 0 Å². The van der Waals surface area contributed by atoms with Crippen molar-refractivity contribution in [3.63, 3.8) is 0 Å². The van der Waals surface area contributed by atoms with E-state index < -0.39 is 17.7 Å². The van der Waals surface area contributed by atoms with E-state index in [1.807, 2.05) is 13.8 Å². The fraction of sp³-hybridized carbons (Fsp3) is 0.261. The number of aromatic nitrogens is 3. The van der Waals surface area contributed by atoms with Gasteiger partial charge in [-0.3, -0.25) is 20.2 Å². The first-order valence-corrected chi connectivity index (χ1v) is 10.6. The van der Waals surface area contributed by atoms with Crippen LogP contribution in [-0.4, -0.2) is 32.2 Å². The van der Waals surface area contributed by atoms with E-state index in [0.29, 0.717) is 23.5 Å². The van der Waals surface area contributed by atoms with Crippen LogP contribution < -0.4 is 10.7 Å². The minimum absolute atomic E-state index is 0.137. The van der Waals surface area contributed by atoms with Crippen LogP contribution in [0.15, 0.2) is 49.2 Å². The number of pyridine rings is 1. The van der Waals surface area contributed by atoms with Crippen LogP contribution in [-0.2, 0) is 4.79 Å². The SMILES string of the molecule is C=C(N[C@H](C)c1ncc(-c2cc(Cl)cc(F)c2-n2cc(C)cn2)cc1F)N(CC)NC(C)=O. The molecular formula is C23H25ClF2N6O. The van der Waals surface area contributed by atoms with Gasteiger partial charge in [-0.2, -0.15) is 5.10 Å². The molecule has 10 heteroatoms. The average molecular weight is 475 g/mol. The number of benzene rings is 1. The largest absolute Gasteiger partial charge is 0.363 e. The summed E-state index contributed by atoms with van der Waals surface area (Å²) in [5.41, 5.74) is 4.46. The Morgan fingerprint density at radius 1 is 1.27 bits per heavy atom. The summed E-state index contributed by atoms with van der Waals surface area (Å²) in [7, 11) is 0. The van der Waals surface area contributed by atoms with Crippen molar-refractivity contribution in [3.05, 3.63) is 77.1 Å². The number of nitrogens with zero attached hydrogens (tertiary/aromatic N) is 4. The molecule has 0 spiro atoms. The van der Waals surface area contributed by atoms with Crippen LogP contribution in [0, 0.1) is 18.6 Å². The number of hydrazine groups is 1. The number of halogens is 3. The van der Waals surface area contributed by atoms with E-state index in [4.69, 9.17) is 11.6 Å². The second kappa shape index (κ2) is 9.99. The lowest BCUT2D eigenvalue weighted by molar-refractivity contribution is -0.123. The molecule has 0 aliphatic heterocycles. The van der Waals surface area contributed by atoms with Gasteiger partial charge in [-0.05, 0) is 44.5 Å². The molecular weight excluding hydrogens is 450 g/mol. The quantitative estimate of drug-likeness (QED) is 0.464. The summed E-state index contributed by atoms with van der Waals surface area (Å²) in [5, 5.41) is 8.89. The first-order chi connectivity index (χ1) is 15.6. The Balaban J connectivity index is 1.93. The Morgan fingerprint density at radius 2 is 2.00 bits per heavy atom. The highest BCUT2D eigenvalue weighted by Crippen LogP contribution is 2.33. The van der Waals surface area contributed by atoms with Crippen LogP contribution in [0.3, 0.4) is 0 Å². The van der Waals surface area contributed by atoms with Gasteiger partial charge >= 0.3 is 0 Å². The Morgan fingerprint density at radius 3 is 2.58 bits per heavy atom. The van der Waals surface area contributed by atoms with E-state index in [1.165, 1.54) is 34.9 Å². The van der Waals surface area contributed by atoms with Gasteiger partial charge in [0.15, 0.2) is 5.82 Å². The summed E-state index contributed by atoms with van der Waals surface area (Å²) in [5.74, 6) is -1.04. The molecule has 0 radical (unpaired) electrons. The number of aryl methyl sites for hydroxylation is 1. The standard InChI is InChI=1S/C23H25ClF2N6O/c1-6-31(30-16(5)33)15(4)29-14(3)22-20(25)7-17(11-27-22)19-8-18(24)9-21(26)23(19)32-12-13(2)10-28-32/h7-12,14,29H,4,6H2,1-3,5H3,(H,30,33)/t14-/m1/s1. The van der Waals surface area contributed by atoms with Crippen molar-refractivity contribution in [3.8, 4) is 16.8 Å². The first kappa shape index (κ1) is 24.2. The van der Waals surface area contributed by atoms with E-state index in [-0.39, 0.29) is 22.3 Å². The van der Waals surface area contributed by atoms with Crippen molar-refractivity contribution in [1.29, 1.82) is 0 Å². The van der Waals surface area contributed by atoms with Gasteiger partial charge in [0.25, 0.3) is 0 Å². The Bertz CT molecular complexity index is 1200. The summed E-state index contributed by atoms with van der Waals surface area (Å²) in [6, 6.07) is 3.45. The van der Waals surface area contributed by atoms with Crippen LogP contribution in [0.5, 0.6) is 0 Å². The summed E-state index contributed by atoms with van der Waals surface area (Å²) < 4.78 is 31.3. The van der Waals surface area contributed by atoms with Gasteiger partial charge in [0, 0.05) is 42.0 Å². The van der Waals surface area contributed by atoms with Crippen molar-refractivity contribution >= 4 is 17.5 Å². The van der Waals surface area contributed by atoms with E-state index in [2.05, 4.69) is 27.4 Å². The zero-order valence-electron chi connectivity index (χ0n) is 18.8. The predicted molar refractivity (Wildman–Crippen MR) is 123 cm³/mol. The summed E-state index contributed by atoms with van der Waals surface area (Å²) >= 11 is 6.08. The summed E-state index contributed by atoms with van der Waals surface area (Å²) in [6.45, 7) is 11.1. The van der Waals surface area contributed by atoms with Gasteiger partial charge < -0.3 is 5.32 Å². The number of nitrogens with one attached hydrogen (secondary N) is 2. The zero-order chi connectivity index (χ0) is 24.3. The minimum Gasteiger partial charge on any atom is -0.363 e. The second-order valence-electron chi connectivity index (χ2n) is 7.56. The maximum Gasteiger partial charge on any atom is 0.235 e. The molecule has 0 saturated carbocycles. The minimum atomic E-state index is -0.592. The van der Waals surface area contributed by atoms with Crippen molar-refractivity contribution < 1.29 is 13.6 Å². The van der Waals surface area contributed by atoms with Gasteiger partial charge in [-0.15, -0.1) is 0 Å². The molecule has 0 unspecified atom stereocenters. The van der Waals surface area contributed by atoms with Crippen LogP contribution >= 0.6 is 11.6 Å². The summed E-state index contributed by atoms with van der Waals surface area (Å²) in [6.07, 6.45) is 4.72. The third kappa shape index (κ3) is 5.48. The lowest BCUT2D eigenvalue weighted by atomic mass is 10.0. The van der Waals surface area contributed by atoms with Crippen LogP contribution in [0.2, 0.25) is 5.02 Å². The maximum atomic E-state index is 15.1. The maximum absolute atomic E-state index is 15.1. The van der Waals surface area contributed by atoms with Crippen LogP contribution in [0.4, 0.5) is 8.78 Å². The van der Waals surface area contributed by atoms with Crippen molar-refractivity contribution in [2.75, 3.05) is 6.54 Å². The molecule has 33 heavy (non-hydrogen) atoms. The fourth-order valence-corrected chi connectivity index (χ4v) is 3.60. The number of hydrogen-bond donors (Lipinski definition) is 2. The highest BCUT2D eigenvalue weighted by molar-refractivity contribution is 6.31. The van der Waals surface area contributed by atoms with Gasteiger partial charge in [-0.1, -0.05) is 18.2 Å². The molecule has 1 aromatic carbocycles. The van der Waals surface area contributed by atoms with Gasteiger partial charge in [-0.25, -0.2) is 13.5 Å². The van der Waals surface area contributed by atoms with Gasteiger partial charge in [0.2, 0.25) is 5.91 Å². The molecule has 0 saturated heterocycles. The highest BCUT2D eigenvalue weighted by Gasteiger charge is 2.20. The second-order valence-corrected chi connectivity index (χ2v) is 8.00. The van der Waals surface area contributed by atoms with E-state index in [9.17, 15) is 9.18 Å². The number of rotatable bonds is 8. The normalized spacial score (nSPS) is 11.7. The monoisotopic (exact) mass is 474 g/mol. The fourth-order valence-electron chi connectivity index (χ4n) is 3.39. The molecule has 0 aliphatic rings. The molecule has 0 bridgehead atoms. The molecule has 1 amide bonds. The van der Waals surface area contributed by atoms with Crippen molar-refractivity contribution in [1.82, 2.24) is 30.5 Å². The predicted octanol–water partition coefficient (Wildman–Crippen LogP) is 4.67. The summed E-state index contributed by atoms with van der Waals surface area (Å²) in [4.78, 5) is 15.6. The average Bonchev–Trinajstić information content (AvgIpc) is 3.16. The van der Waals surface area contributed by atoms with Gasteiger partial charge in [0.05, 0.1) is 17.9 Å². The Labute approximate surface area is 196 Å². The number of carbonyl (C=O) groups excluding carboxylic acids is 1. The third-order valence-corrected chi connectivity index (χ3v) is 5.10. The van der Waals surface area contributed by atoms with Crippen LogP contribution in [0.1, 0.15) is 38.1 Å². The molecule has 7 nitrogen and oxygen atoms in total. The lowest BCUT2D eigenvalue weighted by Gasteiger charge is -2.28. The number of hydrogen-bond acceptors (Lipinski definition) is 5. The lowest BCUT2D eigenvalue weighted by Crippen LogP contribution is -2.44. The van der Waals surface area contributed by atoms with Gasteiger partial charge in [0.1, 0.15) is 17.3 Å². The zero-order valence-corrected chi connectivity index (χ0v) is 19.5. The molecule has 0 fully saturated rings. The molecule has 1 atom stereocenters.